The van der Waals surface area contributed by atoms with Crippen LogP contribution in [0.2, 0.25) is 0 Å². The Morgan fingerprint density at radius 2 is 2.24 bits per heavy atom. The molecular formula is C13H16N4. The maximum Gasteiger partial charge on any atom is 0.101 e. The van der Waals surface area contributed by atoms with Crippen molar-refractivity contribution >= 4 is 11.0 Å². The number of nitrogens with two attached hydrogens (primary N) is 1. The molecule has 1 aromatic carbocycles. The van der Waals surface area contributed by atoms with Gasteiger partial charge < -0.3 is 10.3 Å². The summed E-state index contributed by atoms with van der Waals surface area (Å²) in [4.78, 5) is 4.32. The molecule has 1 aromatic heterocycles. The Hall–Kier alpha value is -1.86. The standard InChI is InChI=1S/C13H16N4/c1-13(15,9-14)7-4-8-17-10-16-11-5-2-3-6-12(11)17/h2-3,5-6,10H,4,7-8,15H2,1H3. The fourth-order valence-corrected chi connectivity index (χ4v) is 1.86. The second kappa shape index (κ2) is 4.56. The van der Waals surface area contributed by atoms with E-state index < -0.39 is 5.54 Å². The van der Waals surface area contributed by atoms with E-state index in [0.717, 1.165) is 24.0 Å². The molecule has 0 aliphatic rings. The average Bonchev–Trinajstić information content (AvgIpc) is 2.73. The second-order valence-electron chi connectivity index (χ2n) is 4.56. The Bertz CT molecular complexity index is 548. The van der Waals surface area contributed by atoms with Crippen LogP contribution in [0.15, 0.2) is 30.6 Å². The summed E-state index contributed by atoms with van der Waals surface area (Å²) < 4.78 is 2.10. The molecule has 0 amide bonds. The van der Waals surface area contributed by atoms with Gasteiger partial charge in [0.05, 0.1) is 23.4 Å². The number of imidazole rings is 1. The normalized spacial score (nSPS) is 14.4. The molecule has 1 heterocycles. The van der Waals surface area contributed by atoms with Gasteiger partial charge in [0.25, 0.3) is 0 Å². The zero-order valence-electron chi connectivity index (χ0n) is 9.93. The van der Waals surface area contributed by atoms with Gasteiger partial charge in [-0.3, -0.25) is 0 Å². The predicted molar refractivity (Wildman–Crippen MR) is 67.2 cm³/mol. The number of nitrogens with zero attached hydrogens (tertiary/aromatic N) is 3. The third-order valence-corrected chi connectivity index (χ3v) is 2.88. The lowest BCUT2D eigenvalue weighted by atomic mass is 9.99. The maximum absolute atomic E-state index is 8.83. The van der Waals surface area contributed by atoms with Crippen LogP contribution in [-0.2, 0) is 6.54 Å². The van der Waals surface area contributed by atoms with E-state index in [-0.39, 0.29) is 0 Å². The topological polar surface area (TPSA) is 67.6 Å². The fraction of sp³-hybridized carbons (Fsp3) is 0.385. The van der Waals surface area contributed by atoms with Gasteiger partial charge in [-0.2, -0.15) is 5.26 Å². The molecule has 88 valence electrons. The first-order valence-electron chi connectivity index (χ1n) is 5.72. The first-order valence-corrected chi connectivity index (χ1v) is 5.72. The van der Waals surface area contributed by atoms with Gasteiger partial charge in [-0.25, -0.2) is 4.98 Å². The molecule has 4 nitrogen and oxygen atoms in total. The molecule has 2 N–H and O–H groups in total. The van der Waals surface area contributed by atoms with Crippen LogP contribution in [0.1, 0.15) is 19.8 Å². The van der Waals surface area contributed by atoms with Gasteiger partial charge in [0.1, 0.15) is 5.54 Å². The van der Waals surface area contributed by atoms with Crippen molar-refractivity contribution < 1.29 is 0 Å². The molecule has 1 unspecified atom stereocenters. The highest BCUT2D eigenvalue weighted by molar-refractivity contribution is 5.74. The lowest BCUT2D eigenvalue weighted by Crippen LogP contribution is -2.34. The van der Waals surface area contributed by atoms with Crippen molar-refractivity contribution in [1.29, 1.82) is 5.26 Å². The number of para-hydroxylation sites is 2. The van der Waals surface area contributed by atoms with Gasteiger partial charge in [0.2, 0.25) is 0 Å². The summed E-state index contributed by atoms with van der Waals surface area (Å²) in [6, 6.07) is 10.1. The number of rotatable bonds is 4. The zero-order chi connectivity index (χ0) is 12.3. The van der Waals surface area contributed by atoms with E-state index in [1.54, 1.807) is 6.92 Å². The molecule has 4 heteroatoms. The molecule has 1 atom stereocenters. The van der Waals surface area contributed by atoms with Gasteiger partial charge in [-0.15, -0.1) is 0 Å². The molecule has 0 aliphatic carbocycles. The van der Waals surface area contributed by atoms with E-state index in [2.05, 4.69) is 15.6 Å². The van der Waals surface area contributed by atoms with Crippen molar-refractivity contribution in [3.8, 4) is 6.07 Å². The highest BCUT2D eigenvalue weighted by atomic mass is 15.0. The predicted octanol–water partition coefficient (Wildman–Crippen LogP) is 2.06. The molecule has 0 radical (unpaired) electrons. The van der Waals surface area contributed by atoms with E-state index in [1.807, 2.05) is 30.6 Å². The Kier molecular flexibility index (Phi) is 3.12. The van der Waals surface area contributed by atoms with E-state index in [4.69, 9.17) is 11.0 Å². The van der Waals surface area contributed by atoms with Crippen molar-refractivity contribution in [2.45, 2.75) is 31.8 Å². The summed E-state index contributed by atoms with van der Waals surface area (Å²) in [6.07, 6.45) is 3.40. The quantitative estimate of drug-likeness (QED) is 0.870. The van der Waals surface area contributed by atoms with Gasteiger partial charge in [0, 0.05) is 6.54 Å². The summed E-state index contributed by atoms with van der Waals surface area (Å²) in [6.45, 7) is 2.61. The Balaban J connectivity index is 2.03. The minimum absolute atomic E-state index is 0.690. The maximum atomic E-state index is 8.83. The summed E-state index contributed by atoms with van der Waals surface area (Å²) in [5.41, 5.74) is 7.19. The number of hydrogen-bond donors (Lipinski definition) is 1. The van der Waals surface area contributed by atoms with Crippen LogP contribution in [0.5, 0.6) is 0 Å². The highest BCUT2D eigenvalue weighted by Gasteiger charge is 2.16. The molecule has 0 fully saturated rings. The Morgan fingerprint density at radius 1 is 1.47 bits per heavy atom. The number of fused-ring (bicyclic) bond motifs is 1. The molecule has 0 saturated carbocycles. The van der Waals surface area contributed by atoms with Crippen LogP contribution in [-0.4, -0.2) is 15.1 Å². The molecule has 0 bridgehead atoms. The number of benzene rings is 1. The van der Waals surface area contributed by atoms with Gasteiger partial charge in [-0.1, -0.05) is 12.1 Å². The van der Waals surface area contributed by atoms with E-state index in [0.29, 0.717) is 6.42 Å². The van der Waals surface area contributed by atoms with Gasteiger partial charge in [-0.05, 0) is 31.9 Å². The molecule has 17 heavy (non-hydrogen) atoms. The molecule has 2 rings (SSSR count). The Labute approximate surface area is 101 Å². The van der Waals surface area contributed by atoms with Crippen LogP contribution in [0.25, 0.3) is 11.0 Å². The number of aryl methyl sites for hydroxylation is 1. The SMILES string of the molecule is CC(N)(C#N)CCCn1cnc2ccccc21. The van der Waals surface area contributed by atoms with Crippen LogP contribution in [0.4, 0.5) is 0 Å². The van der Waals surface area contributed by atoms with Crippen molar-refractivity contribution in [3.63, 3.8) is 0 Å². The minimum atomic E-state index is -0.726. The van der Waals surface area contributed by atoms with E-state index in [1.165, 1.54) is 0 Å². The summed E-state index contributed by atoms with van der Waals surface area (Å²) in [5.74, 6) is 0. The molecule has 2 aromatic rings. The summed E-state index contributed by atoms with van der Waals surface area (Å²) in [5, 5.41) is 8.83. The van der Waals surface area contributed by atoms with Gasteiger partial charge >= 0.3 is 0 Å². The van der Waals surface area contributed by atoms with Gasteiger partial charge in [0.15, 0.2) is 0 Å². The zero-order valence-corrected chi connectivity index (χ0v) is 9.93. The molecule has 0 spiro atoms. The van der Waals surface area contributed by atoms with Crippen LogP contribution in [0, 0.1) is 11.3 Å². The molecular weight excluding hydrogens is 212 g/mol. The second-order valence-corrected chi connectivity index (χ2v) is 4.56. The van der Waals surface area contributed by atoms with Crippen molar-refractivity contribution in [2.24, 2.45) is 5.73 Å². The van der Waals surface area contributed by atoms with Crippen LogP contribution >= 0.6 is 0 Å². The van der Waals surface area contributed by atoms with Crippen molar-refractivity contribution in [1.82, 2.24) is 9.55 Å². The minimum Gasteiger partial charge on any atom is -0.331 e. The average molecular weight is 228 g/mol. The summed E-state index contributed by atoms with van der Waals surface area (Å²) >= 11 is 0. The first-order chi connectivity index (χ1) is 8.12. The third-order valence-electron chi connectivity index (χ3n) is 2.88. The number of aromatic nitrogens is 2. The fourth-order valence-electron chi connectivity index (χ4n) is 1.86. The first kappa shape index (κ1) is 11.6. The third kappa shape index (κ3) is 2.63. The monoisotopic (exact) mass is 228 g/mol. The highest BCUT2D eigenvalue weighted by Crippen LogP contribution is 2.14. The largest absolute Gasteiger partial charge is 0.331 e. The van der Waals surface area contributed by atoms with Crippen molar-refractivity contribution in [2.75, 3.05) is 0 Å². The summed E-state index contributed by atoms with van der Waals surface area (Å²) in [7, 11) is 0. The lowest BCUT2D eigenvalue weighted by molar-refractivity contribution is 0.492. The molecule has 0 aliphatic heterocycles. The number of hydrogen-bond acceptors (Lipinski definition) is 3. The van der Waals surface area contributed by atoms with Crippen molar-refractivity contribution in [3.05, 3.63) is 30.6 Å². The number of nitriles is 1. The van der Waals surface area contributed by atoms with Crippen LogP contribution in [0.3, 0.4) is 0 Å². The molecule has 0 saturated heterocycles. The Morgan fingerprint density at radius 3 is 3.00 bits per heavy atom. The smallest absolute Gasteiger partial charge is 0.101 e. The van der Waals surface area contributed by atoms with E-state index >= 15 is 0 Å². The lowest BCUT2D eigenvalue weighted by Gasteiger charge is -2.14. The van der Waals surface area contributed by atoms with E-state index in [9.17, 15) is 0 Å². The van der Waals surface area contributed by atoms with Crippen LogP contribution < -0.4 is 5.73 Å².